The SMILES string of the molecule is CC(=O)OCC1OC(OP(=O)(O)N(C)CCCl)CC(Br)C1OC(C)=O. The lowest BCUT2D eigenvalue weighted by atomic mass is 10.0. The van der Waals surface area contributed by atoms with E-state index in [1.807, 2.05) is 0 Å². The molecule has 9 nitrogen and oxygen atoms in total. The van der Waals surface area contributed by atoms with E-state index >= 15 is 0 Å². The summed E-state index contributed by atoms with van der Waals surface area (Å²) in [6, 6.07) is 0. The third-order valence-electron chi connectivity index (χ3n) is 3.31. The van der Waals surface area contributed by atoms with Crippen LogP contribution in [0.25, 0.3) is 0 Å². The Kier molecular flexibility index (Phi) is 9.31. The normalized spacial score (nSPS) is 29.1. The number of nitrogens with zero attached hydrogens (tertiary/aromatic N) is 1. The lowest BCUT2D eigenvalue weighted by molar-refractivity contribution is -0.212. The van der Waals surface area contributed by atoms with Crippen LogP contribution in [0.3, 0.4) is 0 Å². The Bertz CT molecular complexity index is 524. The van der Waals surface area contributed by atoms with Gasteiger partial charge in [-0.3, -0.25) is 14.1 Å². The monoisotopic (exact) mass is 465 g/mol. The van der Waals surface area contributed by atoms with Crippen molar-refractivity contribution < 1.29 is 37.8 Å². The number of ether oxygens (including phenoxy) is 3. The van der Waals surface area contributed by atoms with Crippen molar-refractivity contribution in [2.75, 3.05) is 26.1 Å². The second kappa shape index (κ2) is 10.2. The summed E-state index contributed by atoms with van der Waals surface area (Å²) in [5, 5.41) is 0. The molecule has 1 rings (SSSR count). The zero-order valence-corrected chi connectivity index (χ0v) is 17.3. The van der Waals surface area contributed by atoms with Gasteiger partial charge in [-0.1, -0.05) is 15.9 Å². The van der Waals surface area contributed by atoms with E-state index in [0.717, 1.165) is 4.67 Å². The minimum absolute atomic E-state index is 0.146. The topological polar surface area (TPSA) is 112 Å². The molecule has 1 aliphatic rings. The van der Waals surface area contributed by atoms with Gasteiger partial charge in [0.05, 0.1) is 4.83 Å². The molecule has 1 aliphatic heterocycles. The molecule has 5 atom stereocenters. The standard InChI is InChI=1S/C13H22BrClNO8P/c1-8(17)21-7-11-13(22-9(2)18)10(14)6-12(23-11)24-25(19,20)16(3)5-4-15/h10-13H,4-7H2,1-3H3,(H,19,20). The Morgan fingerprint density at radius 3 is 2.56 bits per heavy atom. The minimum Gasteiger partial charge on any atom is -0.463 e. The number of rotatable bonds is 8. The van der Waals surface area contributed by atoms with Crippen molar-refractivity contribution in [3.63, 3.8) is 0 Å². The molecule has 25 heavy (non-hydrogen) atoms. The van der Waals surface area contributed by atoms with Gasteiger partial charge >= 0.3 is 19.7 Å². The summed E-state index contributed by atoms with van der Waals surface area (Å²) in [5.41, 5.74) is 0. The first-order valence-corrected chi connectivity index (χ1v) is 10.4. The van der Waals surface area contributed by atoms with Crippen LogP contribution in [0.15, 0.2) is 0 Å². The molecule has 0 amide bonds. The number of alkyl halides is 2. The van der Waals surface area contributed by atoms with Crippen LogP contribution in [0.2, 0.25) is 0 Å². The lowest BCUT2D eigenvalue weighted by Crippen LogP contribution is -2.50. The highest BCUT2D eigenvalue weighted by Crippen LogP contribution is 2.48. The van der Waals surface area contributed by atoms with Gasteiger partial charge in [-0.15, -0.1) is 11.6 Å². The van der Waals surface area contributed by atoms with E-state index in [-0.39, 0.29) is 25.5 Å². The number of carbonyl (C=O) groups excluding carboxylic acids is 2. The third-order valence-corrected chi connectivity index (χ3v) is 5.95. The summed E-state index contributed by atoms with van der Waals surface area (Å²) < 4.78 is 34.2. The van der Waals surface area contributed by atoms with E-state index in [1.54, 1.807) is 0 Å². The van der Waals surface area contributed by atoms with Crippen molar-refractivity contribution in [1.82, 2.24) is 4.67 Å². The molecular weight excluding hydrogens is 444 g/mol. The summed E-state index contributed by atoms with van der Waals surface area (Å²) in [4.78, 5) is 31.9. The first kappa shape index (κ1) is 22.8. The van der Waals surface area contributed by atoms with E-state index in [0.29, 0.717) is 0 Å². The van der Waals surface area contributed by atoms with Crippen LogP contribution in [0.1, 0.15) is 20.3 Å². The van der Waals surface area contributed by atoms with Crippen molar-refractivity contribution in [2.45, 2.75) is 43.6 Å². The van der Waals surface area contributed by atoms with Crippen LogP contribution in [-0.2, 0) is 32.9 Å². The van der Waals surface area contributed by atoms with Crippen molar-refractivity contribution in [1.29, 1.82) is 0 Å². The fourth-order valence-electron chi connectivity index (χ4n) is 2.10. The summed E-state index contributed by atoms with van der Waals surface area (Å²) in [7, 11) is -2.72. The Morgan fingerprint density at radius 2 is 2.04 bits per heavy atom. The van der Waals surface area contributed by atoms with E-state index in [4.69, 9.17) is 30.3 Å². The van der Waals surface area contributed by atoms with Gasteiger partial charge < -0.3 is 19.1 Å². The van der Waals surface area contributed by atoms with Crippen molar-refractivity contribution in [3.8, 4) is 0 Å². The minimum atomic E-state index is -4.12. The van der Waals surface area contributed by atoms with Crippen LogP contribution in [0.5, 0.6) is 0 Å². The highest BCUT2D eigenvalue weighted by molar-refractivity contribution is 9.09. The van der Waals surface area contributed by atoms with Gasteiger partial charge in [-0.25, -0.2) is 9.24 Å². The second-order valence-corrected chi connectivity index (χ2v) is 8.83. The fraction of sp³-hybridized carbons (Fsp3) is 0.846. The van der Waals surface area contributed by atoms with Gasteiger partial charge in [-0.05, 0) is 7.05 Å². The Morgan fingerprint density at radius 1 is 1.40 bits per heavy atom. The molecule has 146 valence electrons. The smallest absolute Gasteiger partial charge is 0.407 e. The summed E-state index contributed by atoms with van der Waals surface area (Å²) in [5.74, 6) is -0.908. The molecule has 0 radical (unpaired) electrons. The van der Waals surface area contributed by atoms with E-state index in [1.165, 1.54) is 20.9 Å². The zero-order chi connectivity index (χ0) is 19.2. The van der Waals surface area contributed by atoms with E-state index < -0.39 is 43.0 Å². The molecule has 0 bridgehead atoms. The van der Waals surface area contributed by atoms with Crippen LogP contribution in [-0.4, -0.2) is 70.9 Å². The molecule has 1 fully saturated rings. The van der Waals surface area contributed by atoms with Gasteiger partial charge in [-0.2, -0.15) is 0 Å². The summed E-state index contributed by atoms with van der Waals surface area (Å²) >= 11 is 8.93. The average molecular weight is 467 g/mol. The Balaban J connectivity index is 2.83. The van der Waals surface area contributed by atoms with Gasteiger partial charge in [0.1, 0.15) is 18.8 Å². The summed E-state index contributed by atoms with van der Waals surface area (Å²) in [6.07, 6.45) is -2.51. The first-order valence-electron chi connectivity index (χ1n) is 7.45. The molecule has 0 spiro atoms. The Hall–Kier alpha value is -0.220. The molecule has 0 aromatic carbocycles. The van der Waals surface area contributed by atoms with Gasteiger partial charge in [0.15, 0.2) is 6.29 Å². The van der Waals surface area contributed by atoms with Crippen molar-refractivity contribution in [3.05, 3.63) is 0 Å². The molecule has 1 N–H and O–H groups in total. The fourth-order valence-corrected chi connectivity index (χ4v) is 4.18. The molecule has 1 heterocycles. The quantitative estimate of drug-likeness (QED) is 0.324. The zero-order valence-electron chi connectivity index (χ0n) is 14.1. The average Bonchev–Trinajstić information content (AvgIpc) is 2.47. The molecule has 5 unspecified atom stereocenters. The molecule has 0 aliphatic carbocycles. The van der Waals surface area contributed by atoms with Crippen LogP contribution >= 0.6 is 35.3 Å². The third kappa shape index (κ3) is 7.50. The van der Waals surface area contributed by atoms with Crippen molar-refractivity contribution >= 4 is 47.2 Å². The number of hydrogen-bond acceptors (Lipinski definition) is 7. The molecule has 1 saturated heterocycles. The molecule has 0 saturated carbocycles. The highest BCUT2D eigenvalue weighted by Gasteiger charge is 2.43. The van der Waals surface area contributed by atoms with Gasteiger partial charge in [0, 0.05) is 32.7 Å². The van der Waals surface area contributed by atoms with Crippen LogP contribution < -0.4 is 0 Å². The number of hydrogen-bond donors (Lipinski definition) is 1. The highest BCUT2D eigenvalue weighted by atomic mass is 79.9. The maximum atomic E-state index is 12.2. The second-order valence-electron chi connectivity index (χ2n) is 5.40. The van der Waals surface area contributed by atoms with Gasteiger partial charge in [0.2, 0.25) is 0 Å². The number of carbonyl (C=O) groups is 2. The maximum Gasteiger partial charge on any atom is 0.407 e. The van der Waals surface area contributed by atoms with E-state index in [9.17, 15) is 19.0 Å². The number of esters is 2. The van der Waals surface area contributed by atoms with Crippen molar-refractivity contribution in [2.24, 2.45) is 0 Å². The Labute approximate surface area is 159 Å². The predicted octanol–water partition coefficient (Wildman–Crippen LogP) is 1.65. The van der Waals surface area contributed by atoms with Crippen LogP contribution in [0, 0.1) is 0 Å². The van der Waals surface area contributed by atoms with E-state index in [2.05, 4.69) is 15.9 Å². The largest absolute Gasteiger partial charge is 0.463 e. The van der Waals surface area contributed by atoms with Gasteiger partial charge in [0.25, 0.3) is 0 Å². The molecule has 0 aromatic rings. The molecule has 0 aromatic heterocycles. The molecular formula is C13H22BrClNO8P. The molecule has 12 heteroatoms. The number of halogens is 2. The van der Waals surface area contributed by atoms with Crippen LogP contribution in [0.4, 0.5) is 0 Å². The predicted molar refractivity (Wildman–Crippen MR) is 92.4 cm³/mol. The lowest BCUT2D eigenvalue weighted by Gasteiger charge is -2.39. The summed E-state index contributed by atoms with van der Waals surface area (Å²) in [6.45, 7) is 2.43. The first-order chi connectivity index (χ1) is 11.6. The maximum absolute atomic E-state index is 12.2.